The molecular formula is C5H10N2O3S. The maximum Gasteiger partial charge on any atom is 0.322 e. The topological polar surface area (TPSA) is 92.4 Å². The minimum absolute atomic E-state index is 0.746. The fourth-order valence-electron chi connectivity index (χ4n) is 0.222. The van der Waals surface area contributed by atoms with E-state index in [1.807, 2.05) is 0 Å². The molecule has 0 bridgehead atoms. The molecule has 0 rings (SSSR count). The predicted molar refractivity (Wildman–Crippen MR) is 42.0 cm³/mol. The Bertz CT molecular complexity index is 181. The largest absolute Gasteiger partial charge is 0.480 e. The molecule has 0 aliphatic rings. The van der Waals surface area contributed by atoms with E-state index in [0.29, 0.717) is 0 Å². The lowest BCUT2D eigenvalue weighted by Gasteiger charge is -2.16. The van der Waals surface area contributed by atoms with Crippen molar-refractivity contribution in [1.82, 2.24) is 4.72 Å². The van der Waals surface area contributed by atoms with Crippen LogP contribution in [-0.2, 0) is 4.79 Å². The van der Waals surface area contributed by atoms with Gasteiger partial charge in [0, 0.05) is 0 Å². The number of nitrogens with one attached hydrogen (secondary N) is 1. The number of primary amides is 1. The third-order valence-electron chi connectivity index (χ3n) is 0.922. The summed E-state index contributed by atoms with van der Waals surface area (Å²) in [6.07, 6.45) is 0. The van der Waals surface area contributed by atoms with Crippen LogP contribution >= 0.6 is 11.9 Å². The molecule has 0 radical (unpaired) electrons. The number of aliphatic carboxylic acids is 1. The van der Waals surface area contributed by atoms with Crippen LogP contribution in [0.25, 0.3) is 0 Å². The summed E-state index contributed by atoms with van der Waals surface area (Å²) in [7, 11) is 0. The van der Waals surface area contributed by atoms with Crippen molar-refractivity contribution in [3.8, 4) is 0 Å². The van der Waals surface area contributed by atoms with Gasteiger partial charge in [-0.1, -0.05) is 0 Å². The molecule has 4 N–H and O–H groups in total. The summed E-state index contributed by atoms with van der Waals surface area (Å²) in [5.74, 6) is -1.00. The first-order chi connectivity index (χ1) is 4.86. The Balaban J connectivity index is 3.92. The molecule has 0 atom stereocenters. The molecule has 0 fully saturated rings. The van der Waals surface area contributed by atoms with Crippen molar-refractivity contribution < 1.29 is 14.7 Å². The number of urea groups is 1. The van der Waals surface area contributed by atoms with Gasteiger partial charge in [-0.05, 0) is 25.8 Å². The smallest absolute Gasteiger partial charge is 0.322 e. The van der Waals surface area contributed by atoms with Crippen LogP contribution in [0.3, 0.4) is 0 Å². The standard InChI is InChI=1S/C5H10N2O3S/c1-5(2,3(8)9)11-7-4(6)10/h1-2H3,(H,8,9)(H3,6,7,10). The molecule has 11 heavy (non-hydrogen) atoms. The number of carboxylic acid groups (broad SMARTS) is 1. The molecule has 0 spiro atoms. The van der Waals surface area contributed by atoms with Crippen LogP contribution in [0.4, 0.5) is 4.79 Å². The number of carbonyl (C=O) groups is 2. The molecule has 0 aromatic heterocycles. The van der Waals surface area contributed by atoms with Gasteiger partial charge in [-0.2, -0.15) is 0 Å². The van der Waals surface area contributed by atoms with E-state index in [0.717, 1.165) is 11.9 Å². The maximum atomic E-state index is 10.4. The lowest BCUT2D eigenvalue weighted by atomic mass is 10.2. The van der Waals surface area contributed by atoms with Crippen LogP contribution in [0.1, 0.15) is 13.8 Å². The van der Waals surface area contributed by atoms with Crippen LogP contribution < -0.4 is 10.5 Å². The monoisotopic (exact) mass is 178 g/mol. The highest BCUT2D eigenvalue weighted by molar-refractivity contribution is 8.00. The van der Waals surface area contributed by atoms with Gasteiger partial charge in [-0.25, -0.2) is 4.79 Å². The number of carbonyl (C=O) groups excluding carboxylic acids is 1. The summed E-state index contributed by atoms with van der Waals surface area (Å²) in [6.45, 7) is 2.94. The van der Waals surface area contributed by atoms with E-state index < -0.39 is 16.7 Å². The van der Waals surface area contributed by atoms with Crippen molar-refractivity contribution in [3.63, 3.8) is 0 Å². The van der Waals surface area contributed by atoms with E-state index >= 15 is 0 Å². The fraction of sp³-hybridized carbons (Fsp3) is 0.600. The third kappa shape index (κ3) is 3.72. The highest BCUT2D eigenvalue weighted by Gasteiger charge is 2.28. The molecule has 0 aromatic carbocycles. The van der Waals surface area contributed by atoms with Gasteiger partial charge >= 0.3 is 12.0 Å². The highest BCUT2D eigenvalue weighted by atomic mass is 32.2. The van der Waals surface area contributed by atoms with Crippen LogP contribution in [0, 0.1) is 0 Å². The normalized spacial score (nSPS) is 10.7. The molecule has 0 saturated carbocycles. The summed E-state index contributed by atoms with van der Waals surface area (Å²) < 4.78 is 1.10. The third-order valence-corrected chi connectivity index (χ3v) is 1.91. The van der Waals surface area contributed by atoms with Crippen molar-refractivity contribution in [1.29, 1.82) is 0 Å². The van der Waals surface area contributed by atoms with Crippen molar-refractivity contribution in [2.45, 2.75) is 18.6 Å². The Hall–Kier alpha value is -0.910. The Morgan fingerprint density at radius 2 is 2.00 bits per heavy atom. The number of amides is 2. The second-order valence-corrected chi connectivity index (χ2v) is 3.81. The predicted octanol–water partition coefficient (Wildman–Crippen LogP) is 0.166. The lowest BCUT2D eigenvalue weighted by Crippen LogP contribution is -2.34. The Morgan fingerprint density at radius 1 is 1.55 bits per heavy atom. The molecule has 64 valence electrons. The second kappa shape index (κ2) is 3.47. The average molecular weight is 178 g/mol. The van der Waals surface area contributed by atoms with Crippen molar-refractivity contribution >= 4 is 23.9 Å². The minimum atomic E-state index is -1.05. The molecule has 5 nitrogen and oxygen atoms in total. The number of carboxylic acids is 1. The molecule has 0 saturated heterocycles. The van der Waals surface area contributed by atoms with Gasteiger partial charge in [-0.15, -0.1) is 0 Å². The molecule has 0 unspecified atom stereocenters. The quantitative estimate of drug-likeness (QED) is 0.537. The minimum Gasteiger partial charge on any atom is -0.480 e. The zero-order chi connectivity index (χ0) is 9.07. The molecule has 6 heteroatoms. The van der Waals surface area contributed by atoms with Crippen molar-refractivity contribution in [3.05, 3.63) is 0 Å². The van der Waals surface area contributed by atoms with E-state index in [9.17, 15) is 9.59 Å². The van der Waals surface area contributed by atoms with Crippen molar-refractivity contribution in [2.75, 3.05) is 0 Å². The summed E-state index contributed by atoms with van der Waals surface area (Å²) in [5, 5.41) is 8.54. The molecule has 0 aliphatic heterocycles. The summed E-state index contributed by atoms with van der Waals surface area (Å²) in [5.41, 5.74) is 4.74. The first kappa shape index (κ1) is 10.1. The number of rotatable bonds is 3. The summed E-state index contributed by atoms with van der Waals surface area (Å²) >= 11 is 0.771. The van der Waals surface area contributed by atoms with E-state index in [1.165, 1.54) is 13.8 Å². The highest BCUT2D eigenvalue weighted by Crippen LogP contribution is 2.20. The lowest BCUT2D eigenvalue weighted by molar-refractivity contribution is -0.138. The fourth-order valence-corrected chi connectivity index (χ4v) is 0.665. The van der Waals surface area contributed by atoms with Crippen LogP contribution in [-0.4, -0.2) is 21.9 Å². The average Bonchev–Trinajstić information content (AvgIpc) is 1.84. The molecule has 2 amide bonds. The van der Waals surface area contributed by atoms with Crippen LogP contribution in [0.15, 0.2) is 0 Å². The van der Waals surface area contributed by atoms with Gasteiger partial charge in [0.1, 0.15) is 4.75 Å². The Morgan fingerprint density at radius 3 is 2.27 bits per heavy atom. The Kier molecular flexibility index (Phi) is 3.18. The molecule has 0 heterocycles. The zero-order valence-corrected chi connectivity index (χ0v) is 7.07. The van der Waals surface area contributed by atoms with Crippen LogP contribution in [0.2, 0.25) is 0 Å². The van der Waals surface area contributed by atoms with Gasteiger partial charge in [-0.3, -0.25) is 9.52 Å². The van der Waals surface area contributed by atoms with E-state index in [-0.39, 0.29) is 0 Å². The van der Waals surface area contributed by atoms with E-state index in [4.69, 9.17) is 10.8 Å². The summed E-state index contributed by atoms with van der Waals surface area (Å²) in [6, 6.07) is -0.746. The SMILES string of the molecule is CC(C)(SNC(N)=O)C(=O)O. The van der Waals surface area contributed by atoms with Crippen LogP contribution in [0.5, 0.6) is 0 Å². The first-order valence-corrected chi connectivity index (χ1v) is 3.65. The van der Waals surface area contributed by atoms with Gasteiger partial charge in [0.2, 0.25) is 0 Å². The molecule has 0 aromatic rings. The second-order valence-electron chi connectivity index (χ2n) is 2.38. The molecular weight excluding hydrogens is 168 g/mol. The van der Waals surface area contributed by atoms with Gasteiger partial charge < -0.3 is 10.8 Å². The summed E-state index contributed by atoms with van der Waals surface area (Å²) in [4.78, 5) is 20.6. The zero-order valence-electron chi connectivity index (χ0n) is 6.25. The Labute approximate surface area is 68.5 Å². The van der Waals surface area contributed by atoms with Gasteiger partial charge in [0.05, 0.1) is 0 Å². The first-order valence-electron chi connectivity index (χ1n) is 2.83. The maximum absolute atomic E-state index is 10.4. The van der Waals surface area contributed by atoms with Gasteiger partial charge in [0.15, 0.2) is 0 Å². The molecule has 0 aliphatic carbocycles. The van der Waals surface area contributed by atoms with Crippen molar-refractivity contribution in [2.24, 2.45) is 5.73 Å². The van der Waals surface area contributed by atoms with E-state index in [2.05, 4.69) is 4.72 Å². The van der Waals surface area contributed by atoms with Gasteiger partial charge in [0.25, 0.3) is 0 Å². The number of hydrogen-bond acceptors (Lipinski definition) is 3. The number of nitrogens with two attached hydrogens (primary N) is 1. The van der Waals surface area contributed by atoms with E-state index in [1.54, 1.807) is 0 Å². The number of hydrogen-bond donors (Lipinski definition) is 3.